The monoisotopic (exact) mass is 1930 g/mol. The van der Waals surface area contributed by atoms with Gasteiger partial charge in [0.25, 0.3) is 11.8 Å². The predicted octanol–water partition coefficient (Wildman–Crippen LogP) is 8.93. The van der Waals surface area contributed by atoms with Crippen LogP contribution < -0.4 is 31.9 Å². The molecule has 2 unspecified atom stereocenters. The van der Waals surface area contributed by atoms with Crippen LogP contribution in [0.25, 0.3) is 0 Å². The smallest absolute Gasteiger partial charge is 0.456 e. The topological polar surface area (TPSA) is 502 Å². The number of allylic oxidation sites excluding steroid dienone is 1. The number of cyclic esters (lactones) is 2. The lowest BCUT2D eigenvalue weighted by molar-refractivity contribution is -0.155. The number of sulfone groups is 2. The van der Waals surface area contributed by atoms with Crippen LogP contribution in [-0.4, -0.2) is 262 Å². The maximum Gasteiger partial charge on any atom is 0.481 e. The van der Waals surface area contributed by atoms with E-state index in [-0.39, 0.29) is 169 Å². The summed E-state index contributed by atoms with van der Waals surface area (Å²) in [7, 11) is -15.6. The molecule has 8 amide bonds. The maximum atomic E-state index is 14.4. The van der Waals surface area contributed by atoms with E-state index in [1.165, 1.54) is 94.4 Å². The molecule has 41 heteroatoms. The van der Waals surface area contributed by atoms with Crippen molar-refractivity contribution < 1.29 is 135 Å². The van der Waals surface area contributed by atoms with Crippen molar-refractivity contribution >= 4 is 100 Å². The standard InChI is InChI=1S/C91H134N8O29P2S2/c1-15-64(7)81-86(105)96-69(12)90(109)127-83(65(8)16-2)67(10)77(41-32-66(9)89(108)125-78(56-61(3)4)85(104)95-68(11)87(106)99(14)76(57-70-26-20-17-21-27-70)88(107)98(13)58-80(101)97-81)126-91(110)94-44-23-19-25-47-124-130(113,114)128-129(111,112)123-46-24-18-22-43-92-79(100)42-48-119-50-52-121-54-55-122-53-51-120-49-45-93-84(103)72-35-33-71(34-36-72)82(102)73(59-131(115,116)74-37-28-62(5)29-38-74)60-132(117,118)75-39-30-63(6)31-40-75/h16-17,20-21,26-40,61,64,67-69,73,76-78,81,83H,15,18-19,22-25,41-60H2,1-14H3,(H,92,100)(H,93,103)(H,94,110)(H,95,104)(H,96,105)(H,97,101)(H,111,112)(H,113,114)/b65-16+,66-32-/t64-,67+,68+,69-,76-,77+,78-,81+,83-/m1/s1. The van der Waals surface area contributed by atoms with Crippen LogP contribution in [0.5, 0.6) is 0 Å². The number of rotatable bonds is 48. The quantitative estimate of drug-likeness (QED) is 0.00510. The normalized spacial score (nSPS) is 20.5. The van der Waals surface area contributed by atoms with E-state index in [1.807, 2.05) is 0 Å². The van der Waals surface area contributed by atoms with Gasteiger partial charge in [0.05, 0.1) is 99.8 Å². The van der Waals surface area contributed by atoms with Crippen molar-refractivity contribution in [3.63, 3.8) is 0 Å². The van der Waals surface area contributed by atoms with E-state index < -0.39 is 179 Å². The summed E-state index contributed by atoms with van der Waals surface area (Å²) in [6.45, 7) is 20.8. The summed E-state index contributed by atoms with van der Waals surface area (Å²) in [5, 5.41) is 16.1. The van der Waals surface area contributed by atoms with E-state index in [4.69, 9.17) is 42.2 Å². The van der Waals surface area contributed by atoms with Crippen LogP contribution in [0.2, 0.25) is 0 Å². The number of hydrogen-bond donors (Lipinski definition) is 8. The summed E-state index contributed by atoms with van der Waals surface area (Å²) < 4.78 is 134. The average molecular weight is 1930 g/mol. The Hall–Kier alpha value is -9.47. The van der Waals surface area contributed by atoms with E-state index >= 15 is 0 Å². The first-order valence-electron chi connectivity index (χ1n) is 44.2. The number of carbonyl (C=O) groups is 11. The molecule has 11 atom stereocenters. The van der Waals surface area contributed by atoms with Crippen LogP contribution in [0, 0.1) is 37.5 Å². The lowest BCUT2D eigenvalue weighted by Gasteiger charge is -2.33. The summed E-state index contributed by atoms with van der Waals surface area (Å²) in [5.41, 5.74) is 3.05. The minimum Gasteiger partial charge on any atom is -0.456 e. The van der Waals surface area contributed by atoms with Crippen molar-refractivity contribution in [2.45, 2.75) is 206 Å². The molecule has 1 aliphatic rings. The maximum absolute atomic E-state index is 14.4. The van der Waals surface area contributed by atoms with Crippen molar-refractivity contribution in [3.05, 3.63) is 154 Å². The molecule has 1 aliphatic heterocycles. The molecule has 0 radical (unpaired) electrons. The van der Waals surface area contributed by atoms with Crippen LogP contribution in [0.15, 0.2) is 136 Å². The van der Waals surface area contributed by atoms with Crippen LogP contribution in [0.1, 0.15) is 171 Å². The Morgan fingerprint density at radius 2 is 1.12 bits per heavy atom. The van der Waals surface area contributed by atoms with Gasteiger partial charge >= 0.3 is 33.7 Å². The Balaban J connectivity index is 0.976. The molecule has 1 heterocycles. The van der Waals surface area contributed by atoms with Crippen molar-refractivity contribution in [2.75, 3.05) is 118 Å². The first-order valence-corrected chi connectivity index (χ1v) is 50.5. The number of aryl methyl sites for hydroxylation is 2. The zero-order valence-corrected chi connectivity index (χ0v) is 81.4. The molecule has 4 aromatic carbocycles. The number of unbranched alkanes of at least 4 members (excludes halogenated alkanes) is 4. The second-order valence-corrected chi connectivity index (χ2v) is 40.1. The predicted molar refractivity (Wildman–Crippen MR) is 490 cm³/mol. The van der Waals surface area contributed by atoms with E-state index in [0.29, 0.717) is 30.4 Å². The summed E-state index contributed by atoms with van der Waals surface area (Å²) in [6.07, 6.45) is 0.530. The minimum atomic E-state index is -5.13. The van der Waals surface area contributed by atoms with Gasteiger partial charge in [-0.1, -0.05) is 131 Å². The van der Waals surface area contributed by atoms with Crippen molar-refractivity contribution in [1.29, 1.82) is 0 Å². The van der Waals surface area contributed by atoms with E-state index in [2.05, 4.69) is 36.2 Å². The summed E-state index contributed by atoms with van der Waals surface area (Å²) >= 11 is 0. The van der Waals surface area contributed by atoms with Gasteiger partial charge in [0.1, 0.15) is 36.4 Å². The van der Waals surface area contributed by atoms with Gasteiger partial charge in [-0.25, -0.2) is 40.3 Å². The number of Topliss-reactive ketones (excluding diaryl/α,β-unsaturated/α-hetero) is 1. The Labute approximate surface area is 774 Å². The number of ether oxygens (including phenoxy) is 7. The fourth-order valence-corrected chi connectivity index (χ4v) is 18.8. The van der Waals surface area contributed by atoms with Crippen molar-refractivity contribution in [3.8, 4) is 0 Å². The highest BCUT2D eigenvalue weighted by atomic mass is 32.2. The number of nitrogens with one attached hydrogen (secondary N) is 6. The number of ketones is 1. The third-order valence-corrected chi connectivity index (χ3v) is 27.9. The lowest BCUT2D eigenvalue weighted by Crippen LogP contribution is -2.57. The molecular formula is C91H134N8O29P2S2. The lowest BCUT2D eigenvalue weighted by atomic mass is 9.90. The largest absolute Gasteiger partial charge is 0.481 e. The average Bonchev–Trinajstić information content (AvgIpc) is 0.803. The highest BCUT2D eigenvalue weighted by molar-refractivity contribution is 7.92. The number of alkyl carbamates (subject to hydrolysis) is 1. The third-order valence-electron chi connectivity index (χ3n) is 21.5. The Morgan fingerprint density at radius 1 is 0.606 bits per heavy atom. The molecule has 132 heavy (non-hydrogen) atoms. The molecule has 0 spiro atoms. The highest BCUT2D eigenvalue weighted by Gasteiger charge is 2.41. The van der Waals surface area contributed by atoms with E-state index in [9.17, 15) is 88.5 Å². The number of benzene rings is 4. The zero-order chi connectivity index (χ0) is 97.9. The Bertz CT molecular complexity index is 4740. The first-order chi connectivity index (χ1) is 62.4. The third kappa shape index (κ3) is 40.8. The van der Waals surface area contributed by atoms with Crippen LogP contribution in [-0.2, 0) is 120 Å². The number of phosphoric acid groups is 2. The van der Waals surface area contributed by atoms with Gasteiger partial charge in [0.15, 0.2) is 31.6 Å². The van der Waals surface area contributed by atoms with E-state index in [0.717, 1.165) is 16.0 Å². The molecule has 734 valence electrons. The summed E-state index contributed by atoms with van der Waals surface area (Å²) in [6, 6.07) is 21.5. The van der Waals surface area contributed by atoms with Crippen molar-refractivity contribution in [2.24, 2.45) is 23.7 Å². The molecule has 0 saturated heterocycles. The SMILES string of the molecule is C/C=C(\C)[C@H]1OC(=O)[C@@H](C)NC(=O)[C@H]([C@H](C)CC)NC(=O)CN(C)C(=O)[C@@H](Cc2ccccc2)N(C)C(=O)[C@H](C)NC(=O)[C@@H](CC(C)C)OC(=O)/C(C)=C\C[C@H](OC(=O)NCCCCCOP(=O)(O)OP(=O)(O)OCCCCCNC(=O)CCOCCOCCOCCOCCNC(=O)c2ccc(C(=O)C(CS(=O)(=O)c3ccc(C)cc3)CS(=O)(=O)c3ccc(C)cc3)cc2)[C@@H]1C. The summed E-state index contributed by atoms with van der Waals surface area (Å²) in [4.78, 5) is 174. The van der Waals surface area contributed by atoms with Gasteiger partial charge in [0.2, 0.25) is 29.5 Å². The molecule has 4 aromatic rings. The van der Waals surface area contributed by atoms with Gasteiger partial charge < -0.3 is 84.6 Å². The number of amides is 8. The Morgan fingerprint density at radius 3 is 1.65 bits per heavy atom. The molecule has 0 bridgehead atoms. The summed E-state index contributed by atoms with van der Waals surface area (Å²) in [5.74, 6) is -11.4. The van der Waals surface area contributed by atoms with E-state index in [1.54, 1.807) is 123 Å². The minimum absolute atomic E-state index is 0.00748. The van der Waals surface area contributed by atoms with Crippen LogP contribution >= 0.6 is 15.6 Å². The number of esters is 2. The second kappa shape index (κ2) is 57.3. The van der Waals surface area contributed by atoms with Gasteiger partial charge in [-0.3, -0.25) is 47.4 Å². The number of carbonyl (C=O) groups excluding carboxylic acids is 11. The molecule has 8 N–H and O–H groups in total. The molecule has 37 nitrogen and oxygen atoms in total. The molecule has 0 aromatic heterocycles. The molecule has 5 rings (SSSR count). The van der Waals surface area contributed by atoms with Gasteiger partial charge in [-0.15, -0.1) is 0 Å². The molecular weight excluding hydrogens is 1800 g/mol. The fraction of sp³-hybridized carbons (Fsp3) is 0.571. The second-order valence-electron chi connectivity index (χ2n) is 32.9. The molecule has 0 aliphatic carbocycles. The zero-order valence-electron chi connectivity index (χ0n) is 77.9. The van der Waals surface area contributed by atoms with Gasteiger partial charge in [-0.05, 0) is 153 Å². The highest BCUT2D eigenvalue weighted by Crippen LogP contribution is 2.60. The van der Waals surface area contributed by atoms with Crippen LogP contribution in [0.4, 0.5) is 4.79 Å². The molecule has 0 fully saturated rings. The van der Waals surface area contributed by atoms with Crippen molar-refractivity contribution in [1.82, 2.24) is 41.7 Å². The molecule has 0 saturated carbocycles. The Kier molecular flexibility index (Phi) is 49.1. The number of phosphoric ester groups is 2. The number of nitrogens with zero attached hydrogens (tertiary/aromatic N) is 2. The fourth-order valence-electron chi connectivity index (χ4n) is 13.4. The van der Waals surface area contributed by atoms with Gasteiger partial charge in [0, 0.05) is 75.6 Å². The number of hydrogen-bond acceptors (Lipinski definition) is 27. The van der Waals surface area contributed by atoms with Gasteiger partial charge in [-0.2, -0.15) is 4.31 Å². The number of likely N-dealkylation sites (N-methyl/N-ethyl adjacent to an activating group) is 2. The van der Waals surface area contributed by atoms with Crippen LogP contribution in [0.3, 0.4) is 0 Å². The first kappa shape index (κ1) is 113.